The number of carbonyl (C=O) groups excluding carboxylic acids is 2. The molecule has 0 heterocycles. The summed E-state index contributed by atoms with van der Waals surface area (Å²) in [7, 11) is 0. The molecule has 2 unspecified atom stereocenters. The maximum Gasteiger partial charge on any atom is 0.407 e. The molecule has 2 aromatic rings. The highest BCUT2D eigenvalue weighted by Gasteiger charge is 2.24. The van der Waals surface area contributed by atoms with E-state index in [-0.39, 0.29) is 17.9 Å². The zero-order valence-electron chi connectivity index (χ0n) is 18.9. The largest absolute Gasteiger partial charge is 0.466 e. The Balaban J connectivity index is 2.13. The van der Waals surface area contributed by atoms with E-state index in [0.717, 1.165) is 16.7 Å². The van der Waals surface area contributed by atoms with Crippen LogP contribution in [0.3, 0.4) is 0 Å². The molecule has 2 rings (SSSR count). The first-order chi connectivity index (χ1) is 14.6. The highest BCUT2D eigenvalue weighted by Crippen LogP contribution is 2.24. The van der Waals surface area contributed by atoms with Crippen LogP contribution in [0.25, 0.3) is 11.1 Å². The maximum atomic E-state index is 12.3. The van der Waals surface area contributed by atoms with Gasteiger partial charge in [0.25, 0.3) is 0 Å². The molecule has 1 N–H and O–H groups in total. The molecule has 2 aromatic carbocycles. The van der Waals surface area contributed by atoms with Crippen LogP contribution in [0.2, 0.25) is 5.02 Å². The average molecular weight is 446 g/mol. The number of benzene rings is 2. The Morgan fingerprint density at radius 3 is 2.32 bits per heavy atom. The van der Waals surface area contributed by atoms with E-state index in [9.17, 15) is 9.59 Å². The Morgan fingerprint density at radius 1 is 1.06 bits per heavy atom. The smallest absolute Gasteiger partial charge is 0.407 e. The topological polar surface area (TPSA) is 64.6 Å². The van der Waals surface area contributed by atoms with Gasteiger partial charge in [0.15, 0.2) is 0 Å². The van der Waals surface area contributed by atoms with Crippen LogP contribution in [0.4, 0.5) is 4.79 Å². The van der Waals surface area contributed by atoms with Crippen molar-refractivity contribution in [2.75, 3.05) is 6.61 Å². The standard InChI is InChI=1S/C25H32ClNO4/c1-6-30-23(28)17(2)14-22(27-24(29)31-25(3,4)5)15-18-10-12-19(13-11-18)20-8-7-9-21(26)16-20/h7-13,16-17,22H,6,14-15H2,1-5H3,(H,27,29). The van der Waals surface area contributed by atoms with Crippen LogP contribution in [0.5, 0.6) is 0 Å². The number of esters is 1. The van der Waals surface area contributed by atoms with Crippen LogP contribution >= 0.6 is 11.6 Å². The Kier molecular flexibility index (Phi) is 8.93. The second-order valence-corrected chi connectivity index (χ2v) is 9.08. The normalized spacial score (nSPS) is 13.2. The molecule has 168 valence electrons. The summed E-state index contributed by atoms with van der Waals surface area (Å²) in [6.07, 6.45) is 0.525. The molecule has 0 aliphatic rings. The fourth-order valence-corrected chi connectivity index (χ4v) is 3.45. The Labute approximate surface area is 190 Å². The molecule has 0 aromatic heterocycles. The molecule has 0 radical (unpaired) electrons. The molecule has 1 amide bonds. The first kappa shape index (κ1) is 24.7. The van der Waals surface area contributed by atoms with Gasteiger partial charge in [-0.1, -0.05) is 54.9 Å². The van der Waals surface area contributed by atoms with Gasteiger partial charge in [0.05, 0.1) is 12.5 Å². The Hall–Kier alpha value is -2.53. The van der Waals surface area contributed by atoms with Gasteiger partial charge in [0.1, 0.15) is 5.60 Å². The summed E-state index contributed by atoms with van der Waals surface area (Å²) in [5, 5.41) is 3.61. The number of nitrogens with one attached hydrogen (secondary N) is 1. The molecule has 31 heavy (non-hydrogen) atoms. The number of hydrogen-bond acceptors (Lipinski definition) is 4. The molecule has 0 spiro atoms. The summed E-state index contributed by atoms with van der Waals surface area (Å²) in [4.78, 5) is 24.4. The second-order valence-electron chi connectivity index (χ2n) is 8.64. The van der Waals surface area contributed by atoms with E-state index in [2.05, 4.69) is 5.32 Å². The number of alkyl carbamates (subject to hydrolysis) is 1. The van der Waals surface area contributed by atoms with Gasteiger partial charge in [-0.2, -0.15) is 0 Å². The van der Waals surface area contributed by atoms with E-state index in [1.165, 1.54) is 0 Å². The summed E-state index contributed by atoms with van der Waals surface area (Å²) in [5.74, 6) is -0.611. The third-order valence-corrected chi connectivity index (χ3v) is 4.88. The lowest BCUT2D eigenvalue weighted by atomic mass is 9.95. The SMILES string of the molecule is CCOC(=O)C(C)CC(Cc1ccc(-c2cccc(Cl)c2)cc1)NC(=O)OC(C)(C)C. The van der Waals surface area contributed by atoms with Gasteiger partial charge in [-0.05, 0) is 69.4 Å². The predicted octanol–water partition coefficient (Wildman–Crippen LogP) is 6.03. The molecule has 0 aliphatic carbocycles. The molecule has 6 heteroatoms. The summed E-state index contributed by atoms with van der Waals surface area (Å²) < 4.78 is 10.5. The number of ether oxygens (including phenoxy) is 2. The number of amides is 1. The van der Waals surface area contributed by atoms with E-state index in [4.69, 9.17) is 21.1 Å². The summed E-state index contributed by atoms with van der Waals surface area (Å²) >= 11 is 6.10. The van der Waals surface area contributed by atoms with Gasteiger partial charge in [-0.3, -0.25) is 4.79 Å². The van der Waals surface area contributed by atoms with Gasteiger partial charge in [0.2, 0.25) is 0 Å². The molecule has 0 aliphatic heterocycles. The molecule has 5 nitrogen and oxygen atoms in total. The molecular weight excluding hydrogens is 414 g/mol. The maximum absolute atomic E-state index is 12.3. The van der Waals surface area contributed by atoms with Gasteiger partial charge >= 0.3 is 12.1 Å². The van der Waals surface area contributed by atoms with Crippen molar-refractivity contribution in [1.29, 1.82) is 0 Å². The van der Waals surface area contributed by atoms with Crippen molar-refractivity contribution < 1.29 is 19.1 Å². The molecule has 0 saturated carbocycles. The van der Waals surface area contributed by atoms with Crippen LogP contribution in [0, 0.1) is 5.92 Å². The highest BCUT2D eigenvalue weighted by molar-refractivity contribution is 6.30. The van der Waals surface area contributed by atoms with Crippen LogP contribution in [0.15, 0.2) is 48.5 Å². The lowest BCUT2D eigenvalue weighted by Crippen LogP contribution is -2.41. The van der Waals surface area contributed by atoms with Crippen LogP contribution in [-0.2, 0) is 20.7 Å². The van der Waals surface area contributed by atoms with Crippen molar-refractivity contribution in [3.63, 3.8) is 0 Å². The van der Waals surface area contributed by atoms with E-state index >= 15 is 0 Å². The lowest BCUT2D eigenvalue weighted by Gasteiger charge is -2.25. The zero-order valence-corrected chi connectivity index (χ0v) is 19.7. The lowest BCUT2D eigenvalue weighted by molar-refractivity contribution is -0.147. The third kappa shape index (κ3) is 8.62. The molecule has 0 fully saturated rings. The third-order valence-electron chi connectivity index (χ3n) is 4.64. The quantitative estimate of drug-likeness (QED) is 0.503. The number of halogens is 1. The minimum atomic E-state index is -0.597. The van der Waals surface area contributed by atoms with Crippen molar-refractivity contribution in [2.24, 2.45) is 5.92 Å². The first-order valence-corrected chi connectivity index (χ1v) is 11.0. The summed E-state index contributed by atoms with van der Waals surface area (Å²) in [6, 6.07) is 15.5. The molecule has 0 saturated heterocycles. The van der Waals surface area contributed by atoms with Crippen molar-refractivity contribution in [3.8, 4) is 11.1 Å². The summed E-state index contributed by atoms with van der Waals surface area (Å²) in [5.41, 5.74) is 2.55. The van der Waals surface area contributed by atoms with Crippen molar-refractivity contribution in [2.45, 2.75) is 59.1 Å². The van der Waals surface area contributed by atoms with Crippen molar-refractivity contribution in [3.05, 3.63) is 59.1 Å². The van der Waals surface area contributed by atoms with E-state index < -0.39 is 11.7 Å². The number of hydrogen-bond donors (Lipinski definition) is 1. The first-order valence-electron chi connectivity index (χ1n) is 10.6. The van der Waals surface area contributed by atoms with E-state index in [1.807, 2.05) is 76.2 Å². The fraction of sp³-hybridized carbons (Fsp3) is 0.440. The van der Waals surface area contributed by atoms with Crippen molar-refractivity contribution >= 4 is 23.7 Å². The molecule has 2 atom stereocenters. The van der Waals surface area contributed by atoms with E-state index in [0.29, 0.717) is 24.5 Å². The minimum absolute atomic E-state index is 0.269. The van der Waals surface area contributed by atoms with Gasteiger partial charge in [-0.15, -0.1) is 0 Å². The van der Waals surface area contributed by atoms with Crippen LogP contribution < -0.4 is 5.32 Å². The highest BCUT2D eigenvalue weighted by atomic mass is 35.5. The molecular formula is C25H32ClNO4. The average Bonchev–Trinajstić information content (AvgIpc) is 2.67. The Bertz CT molecular complexity index is 874. The van der Waals surface area contributed by atoms with Gasteiger partial charge in [-0.25, -0.2) is 4.79 Å². The Morgan fingerprint density at radius 2 is 1.74 bits per heavy atom. The number of carbonyl (C=O) groups is 2. The van der Waals surface area contributed by atoms with Gasteiger partial charge < -0.3 is 14.8 Å². The second kappa shape index (κ2) is 11.2. The minimum Gasteiger partial charge on any atom is -0.466 e. The predicted molar refractivity (Wildman–Crippen MR) is 124 cm³/mol. The fourth-order valence-electron chi connectivity index (χ4n) is 3.26. The number of rotatable bonds is 8. The van der Waals surface area contributed by atoms with Crippen LogP contribution in [0.1, 0.15) is 46.6 Å². The molecule has 0 bridgehead atoms. The summed E-state index contributed by atoms with van der Waals surface area (Å²) in [6.45, 7) is 9.37. The monoisotopic (exact) mass is 445 g/mol. The van der Waals surface area contributed by atoms with Crippen molar-refractivity contribution in [1.82, 2.24) is 5.32 Å². The van der Waals surface area contributed by atoms with Gasteiger partial charge in [0, 0.05) is 11.1 Å². The van der Waals surface area contributed by atoms with E-state index in [1.54, 1.807) is 6.92 Å². The zero-order chi connectivity index (χ0) is 23.0. The van der Waals surface area contributed by atoms with Crippen LogP contribution in [-0.4, -0.2) is 30.3 Å².